The number of methoxy groups -OCH3 is 1. The number of hydrogen-bond acceptors (Lipinski definition) is 4. The molecule has 1 aliphatic heterocycles. The molecule has 1 atom stereocenters. The van der Waals surface area contributed by atoms with E-state index in [0.717, 1.165) is 23.0 Å². The Morgan fingerprint density at radius 1 is 1.52 bits per heavy atom. The summed E-state index contributed by atoms with van der Waals surface area (Å²) in [4.78, 5) is 10.7. The van der Waals surface area contributed by atoms with Gasteiger partial charge < -0.3 is 19.3 Å². The summed E-state index contributed by atoms with van der Waals surface area (Å²) in [6.45, 7) is 4.26. The van der Waals surface area contributed by atoms with Crippen LogP contribution in [0.5, 0.6) is 5.75 Å². The van der Waals surface area contributed by atoms with Crippen molar-refractivity contribution in [2.75, 3.05) is 13.7 Å². The van der Waals surface area contributed by atoms with Crippen LogP contribution in [0.25, 0.3) is 6.08 Å². The third kappa shape index (κ3) is 4.06. The van der Waals surface area contributed by atoms with Crippen molar-refractivity contribution in [2.24, 2.45) is 0 Å². The molecule has 1 aliphatic rings. The fourth-order valence-electron chi connectivity index (χ4n) is 2.40. The van der Waals surface area contributed by atoms with Crippen LogP contribution in [0.4, 0.5) is 0 Å². The molecule has 1 aromatic carbocycles. The minimum Gasteiger partial charge on any atom is -0.496 e. The van der Waals surface area contributed by atoms with Crippen molar-refractivity contribution < 1.29 is 24.1 Å². The Morgan fingerprint density at radius 3 is 2.86 bits per heavy atom. The molecule has 1 aromatic rings. The molecule has 0 aliphatic carbocycles. The van der Waals surface area contributed by atoms with Crippen molar-refractivity contribution in [3.63, 3.8) is 0 Å². The highest BCUT2D eigenvalue weighted by Gasteiger charge is 2.33. The molecule has 1 unspecified atom stereocenters. The maximum atomic E-state index is 10.7. The zero-order chi connectivity index (χ0) is 15.5. The van der Waals surface area contributed by atoms with Crippen LogP contribution in [-0.2, 0) is 20.7 Å². The lowest BCUT2D eigenvalue weighted by Gasteiger charge is -2.18. The maximum absolute atomic E-state index is 10.7. The molecule has 21 heavy (non-hydrogen) atoms. The number of benzene rings is 1. The van der Waals surface area contributed by atoms with Crippen molar-refractivity contribution >= 4 is 12.0 Å². The SMILES string of the molecule is COc1cccc(/C=C/C(=O)O)c1CC1COC(C)(C)O1. The summed E-state index contributed by atoms with van der Waals surface area (Å²) >= 11 is 0. The number of carboxylic acids is 1. The first-order valence-corrected chi connectivity index (χ1v) is 6.80. The minimum absolute atomic E-state index is 0.0757. The Hall–Kier alpha value is -1.85. The van der Waals surface area contributed by atoms with E-state index in [1.807, 2.05) is 32.0 Å². The van der Waals surface area contributed by atoms with Gasteiger partial charge in [0.15, 0.2) is 5.79 Å². The second kappa shape index (κ2) is 6.28. The minimum atomic E-state index is -0.981. The molecular formula is C16H20O5. The predicted octanol–water partition coefficient (Wildman–Crippen LogP) is 2.49. The van der Waals surface area contributed by atoms with Crippen LogP contribution in [0.2, 0.25) is 0 Å². The van der Waals surface area contributed by atoms with Crippen molar-refractivity contribution in [1.29, 1.82) is 0 Å². The van der Waals surface area contributed by atoms with E-state index in [2.05, 4.69) is 0 Å². The second-order valence-corrected chi connectivity index (χ2v) is 5.35. The lowest BCUT2D eigenvalue weighted by Crippen LogP contribution is -2.22. The highest BCUT2D eigenvalue weighted by atomic mass is 16.7. The van der Waals surface area contributed by atoms with Gasteiger partial charge in [-0.15, -0.1) is 0 Å². The molecule has 0 spiro atoms. The van der Waals surface area contributed by atoms with Crippen LogP contribution in [0.3, 0.4) is 0 Å². The van der Waals surface area contributed by atoms with Gasteiger partial charge in [-0.05, 0) is 31.6 Å². The monoisotopic (exact) mass is 292 g/mol. The van der Waals surface area contributed by atoms with E-state index in [1.165, 1.54) is 0 Å². The zero-order valence-corrected chi connectivity index (χ0v) is 12.5. The number of carboxylic acid groups (broad SMARTS) is 1. The first-order chi connectivity index (χ1) is 9.91. The number of carbonyl (C=O) groups is 1. The molecule has 0 radical (unpaired) electrons. The van der Waals surface area contributed by atoms with E-state index in [9.17, 15) is 4.79 Å². The van der Waals surface area contributed by atoms with Crippen LogP contribution in [0, 0.1) is 0 Å². The first kappa shape index (κ1) is 15.5. The van der Waals surface area contributed by atoms with Gasteiger partial charge in [-0.2, -0.15) is 0 Å². The fourth-order valence-corrected chi connectivity index (χ4v) is 2.40. The number of rotatable bonds is 5. The predicted molar refractivity (Wildman–Crippen MR) is 78.3 cm³/mol. The summed E-state index contributed by atoms with van der Waals surface area (Å²) < 4.78 is 16.8. The molecule has 0 bridgehead atoms. The van der Waals surface area contributed by atoms with Crippen LogP contribution >= 0.6 is 0 Å². The second-order valence-electron chi connectivity index (χ2n) is 5.35. The molecule has 1 saturated heterocycles. The average molecular weight is 292 g/mol. The normalized spacial score (nSPS) is 20.8. The molecule has 0 aromatic heterocycles. The van der Waals surface area contributed by atoms with Crippen molar-refractivity contribution in [3.8, 4) is 5.75 Å². The topological polar surface area (TPSA) is 65.0 Å². The fraction of sp³-hybridized carbons (Fsp3) is 0.438. The zero-order valence-electron chi connectivity index (χ0n) is 12.5. The van der Waals surface area contributed by atoms with Gasteiger partial charge in [0.1, 0.15) is 5.75 Å². The Bertz CT molecular complexity index is 548. The molecule has 0 amide bonds. The molecule has 0 saturated carbocycles. The van der Waals surface area contributed by atoms with Gasteiger partial charge >= 0.3 is 5.97 Å². The summed E-state index contributed by atoms with van der Waals surface area (Å²) in [6, 6.07) is 5.55. The summed E-state index contributed by atoms with van der Waals surface area (Å²) in [6.07, 6.45) is 3.22. The Kier molecular flexibility index (Phi) is 4.65. The van der Waals surface area contributed by atoms with E-state index in [4.69, 9.17) is 19.3 Å². The van der Waals surface area contributed by atoms with Crippen LogP contribution < -0.4 is 4.74 Å². The molecule has 1 fully saturated rings. The lowest BCUT2D eigenvalue weighted by molar-refractivity contribution is -0.138. The van der Waals surface area contributed by atoms with Gasteiger partial charge in [-0.25, -0.2) is 4.79 Å². The van der Waals surface area contributed by atoms with E-state index < -0.39 is 11.8 Å². The highest BCUT2D eigenvalue weighted by Crippen LogP contribution is 2.30. The quantitative estimate of drug-likeness (QED) is 0.845. The molecule has 2 rings (SSSR count). The summed E-state index contributed by atoms with van der Waals surface area (Å²) in [5.41, 5.74) is 1.73. The lowest BCUT2D eigenvalue weighted by atomic mass is 10.00. The van der Waals surface area contributed by atoms with Gasteiger partial charge in [0.2, 0.25) is 0 Å². The van der Waals surface area contributed by atoms with E-state index in [-0.39, 0.29) is 6.10 Å². The Morgan fingerprint density at radius 2 is 2.29 bits per heavy atom. The van der Waals surface area contributed by atoms with Gasteiger partial charge in [0.25, 0.3) is 0 Å². The van der Waals surface area contributed by atoms with Gasteiger partial charge in [-0.1, -0.05) is 12.1 Å². The largest absolute Gasteiger partial charge is 0.496 e. The first-order valence-electron chi connectivity index (χ1n) is 6.80. The smallest absolute Gasteiger partial charge is 0.328 e. The van der Waals surface area contributed by atoms with E-state index in [1.54, 1.807) is 13.2 Å². The number of aliphatic carboxylic acids is 1. The molecule has 114 valence electrons. The summed E-state index contributed by atoms with van der Waals surface area (Å²) in [5.74, 6) is -0.842. The molecule has 5 heteroatoms. The van der Waals surface area contributed by atoms with Crippen LogP contribution in [0.1, 0.15) is 25.0 Å². The standard InChI is InChI=1S/C16H20O5/c1-16(2)20-10-12(21-16)9-13-11(7-8-15(17)18)5-4-6-14(13)19-3/h4-8,12H,9-10H2,1-3H3,(H,17,18)/b8-7+. The van der Waals surface area contributed by atoms with E-state index >= 15 is 0 Å². The number of ether oxygens (including phenoxy) is 3. The molecular weight excluding hydrogens is 272 g/mol. The summed E-state index contributed by atoms with van der Waals surface area (Å²) in [7, 11) is 1.60. The van der Waals surface area contributed by atoms with Gasteiger partial charge in [0, 0.05) is 18.1 Å². The molecule has 5 nitrogen and oxygen atoms in total. The van der Waals surface area contributed by atoms with Crippen LogP contribution in [-0.4, -0.2) is 36.7 Å². The van der Waals surface area contributed by atoms with Gasteiger partial charge in [0.05, 0.1) is 19.8 Å². The Balaban J connectivity index is 2.25. The van der Waals surface area contributed by atoms with Gasteiger partial charge in [-0.3, -0.25) is 0 Å². The summed E-state index contributed by atoms with van der Waals surface area (Å²) in [5, 5.41) is 8.78. The Labute approximate surface area is 124 Å². The number of hydrogen-bond donors (Lipinski definition) is 1. The average Bonchev–Trinajstić information content (AvgIpc) is 2.76. The van der Waals surface area contributed by atoms with Crippen molar-refractivity contribution in [3.05, 3.63) is 35.4 Å². The highest BCUT2D eigenvalue weighted by molar-refractivity contribution is 5.85. The molecule has 1 N–H and O–H groups in total. The van der Waals surface area contributed by atoms with Crippen LogP contribution in [0.15, 0.2) is 24.3 Å². The molecule has 1 heterocycles. The third-order valence-electron chi connectivity index (χ3n) is 3.29. The van der Waals surface area contributed by atoms with Crippen molar-refractivity contribution in [1.82, 2.24) is 0 Å². The third-order valence-corrected chi connectivity index (χ3v) is 3.29. The van der Waals surface area contributed by atoms with Crippen molar-refractivity contribution in [2.45, 2.75) is 32.2 Å². The maximum Gasteiger partial charge on any atom is 0.328 e. The van der Waals surface area contributed by atoms with E-state index in [0.29, 0.717) is 13.0 Å².